The summed E-state index contributed by atoms with van der Waals surface area (Å²) in [5, 5.41) is 15.2. The van der Waals surface area contributed by atoms with Crippen molar-refractivity contribution in [3.63, 3.8) is 0 Å². The fourth-order valence-corrected chi connectivity index (χ4v) is 2.37. The predicted molar refractivity (Wildman–Crippen MR) is 84.0 cm³/mol. The lowest BCUT2D eigenvalue weighted by Crippen LogP contribution is -2.30. The van der Waals surface area contributed by atoms with E-state index >= 15 is 0 Å². The molecular weight excluding hydrogens is 316 g/mol. The summed E-state index contributed by atoms with van der Waals surface area (Å²) in [6.07, 6.45) is -0.405. The first-order chi connectivity index (χ1) is 11.0. The van der Waals surface area contributed by atoms with Crippen molar-refractivity contribution >= 4 is 29.1 Å². The summed E-state index contributed by atoms with van der Waals surface area (Å²) in [6.45, 7) is 3.34. The molecule has 0 bridgehead atoms. The van der Waals surface area contributed by atoms with Crippen LogP contribution in [-0.2, 0) is 16.0 Å². The number of anilines is 1. The quantitative estimate of drug-likeness (QED) is 0.842. The molecule has 1 atom stereocenters. The van der Waals surface area contributed by atoms with Crippen molar-refractivity contribution in [1.29, 1.82) is 5.26 Å². The van der Waals surface area contributed by atoms with Crippen LogP contribution < -0.4 is 5.32 Å². The summed E-state index contributed by atoms with van der Waals surface area (Å²) in [5.41, 5.74) is 1.57. The SMILES string of the molecule is CCc1nnsc1C(=O)O[C@H](C)C(=O)Nc1ccc(C#N)cc1. The number of benzene rings is 1. The van der Waals surface area contributed by atoms with Crippen molar-refractivity contribution in [3.8, 4) is 6.07 Å². The first-order valence-electron chi connectivity index (χ1n) is 6.88. The summed E-state index contributed by atoms with van der Waals surface area (Å²) in [6, 6.07) is 8.37. The van der Waals surface area contributed by atoms with E-state index in [0.717, 1.165) is 11.5 Å². The van der Waals surface area contributed by atoms with Gasteiger partial charge in [-0.25, -0.2) is 4.79 Å². The summed E-state index contributed by atoms with van der Waals surface area (Å²) >= 11 is 0.946. The van der Waals surface area contributed by atoms with E-state index in [1.807, 2.05) is 13.0 Å². The Balaban J connectivity index is 1.97. The van der Waals surface area contributed by atoms with E-state index in [4.69, 9.17) is 10.00 Å². The van der Waals surface area contributed by atoms with E-state index in [-0.39, 0.29) is 0 Å². The van der Waals surface area contributed by atoms with Crippen molar-refractivity contribution in [2.45, 2.75) is 26.4 Å². The number of hydrogen-bond donors (Lipinski definition) is 1. The molecule has 0 saturated heterocycles. The average Bonchev–Trinajstić information content (AvgIpc) is 3.04. The molecule has 0 spiro atoms. The molecule has 1 N–H and O–H groups in total. The zero-order valence-electron chi connectivity index (χ0n) is 12.6. The highest BCUT2D eigenvalue weighted by molar-refractivity contribution is 7.07. The number of aromatic nitrogens is 2. The number of esters is 1. The lowest BCUT2D eigenvalue weighted by atomic mass is 10.2. The minimum Gasteiger partial charge on any atom is -0.448 e. The molecule has 0 aliphatic rings. The topological polar surface area (TPSA) is 105 Å². The zero-order valence-corrected chi connectivity index (χ0v) is 13.4. The van der Waals surface area contributed by atoms with Crippen LogP contribution in [0.1, 0.15) is 34.8 Å². The van der Waals surface area contributed by atoms with Gasteiger partial charge in [-0.2, -0.15) is 5.26 Å². The fourth-order valence-electron chi connectivity index (χ4n) is 1.73. The third kappa shape index (κ3) is 4.11. The smallest absolute Gasteiger partial charge is 0.352 e. The Morgan fingerprint density at radius 2 is 2.09 bits per heavy atom. The van der Waals surface area contributed by atoms with E-state index in [9.17, 15) is 9.59 Å². The van der Waals surface area contributed by atoms with Gasteiger partial charge in [0.25, 0.3) is 5.91 Å². The standard InChI is InChI=1S/C15H14N4O3S/c1-3-12-13(23-19-18-12)15(21)22-9(2)14(20)17-11-6-4-10(8-16)5-7-11/h4-7,9H,3H2,1-2H3,(H,17,20)/t9-/m1/s1. The van der Waals surface area contributed by atoms with Crippen molar-refractivity contribution in [2.24, 2.45) is 0 Å². The summed E-state index contributed by atoms with van der Waals surface area (Å²) in [5.74, 6) is -1.07. The maximum absolute atomic E-state index is 12.0. The average molecular weight is 330 g/mol. The minimum atomic E-state index is -0.968. The van der Waals surface area contributed by atoms with Crippen molar-refractivity contribution < 1.29 is 14.3 Å². The molecule has 2 aromatic rings. The summed E-state index contributed by atoms with van der Waals surface area (Å²) in [7, 11) is 0. The molecule has 0 saturated carbocycles. The summed E-state index contributed by atoms with van der Waals surface area (Å²) < 4.78 is 8.86. The molecule has 23 heavy (non-hydrogen) atoms. The first kappa shape index (κ1) is 16.6. The van der Waals surface area contributed by atoms with Crippen molar-refractivity contribution in [3.05, 3.63) is 40.4 Å². The van der Waals surface area contributed by atoms with Crippen LogP contribution in [0.15, 0.2) is 24.3 Å². The van der Waals surface area contributed by atoms with E-state index in [2.05, 4.69) is 14.9 Å². The Bertz CT molecular complexity index is 749. The maximum Gasteiger partial charge on any atom is 0.352 e. The van der Waals surface area contributed by atoms with E-state index in [0.29, 0.717) is 28.2 Å². The molecule has 0 aliphatic carbocycles. The molecule has 1 heterocycles. The third-order valence-electron chi connectivity index (χ3n) is 3.01. The molecule has 0 radical (unpaired) electrons. The van der Waals surface area contributed by atoms with Crippen LogP contribution in [0.4, 0.5) is 5.69 Å². The van der Waals surface area contributed by atoms with Gasteiger partial charge in [-0.15, -0.1) is 5.10 Å². The van der Waals surface area contributed by atoms with Crippen LogP contribution in [0.5, 0.6) is 0 Å². The second-order valence-corrected chi connectivity index (χ2v) is 5.38. The van der Waals surface area contributed by atoms with Crippen LogP contribution in [-0.4, -0.2) is 27.6 Å². The van der Waals surface area contributed by atoms with Crippen LogP contribution >= 0.6 is 11.5 Å². The van der Waals surface area contributed by atoms with Gasteiger partial charge in [-0.1, -0.05) is 11.4 Å². The van der Waals surface area contributed by atoms with Gasteiger partial charge >= 0.3 is 5.97 Å². The second-order valence-electron chi connectivity index (χ2n) is 4.63. The number of carbonyl (C=O) groups excluding carboxylic acids is 2. The molecule has 8 heteroatoms. The predicted octanol–water partition coefficient (Wildman–Crippen LogP) is 2.16. The van der Waals surface area contributed by atoms with Crippen molar-refractivity contribution in [1.82, 2.24) is 9.59 Å². The number of nitriles is 1. The molecule has 1 aromatic heterocycles. The number of hydrogen-bond acceptors (Lipinski definition) is 7. The van der Waals surface area contributed by atoms with Gasteiger partial charge in [0.1, 0.15) is 0 Å². The number of ether oxygens (including phenoxy) is 1. The van der Waals surface area contributed by atoms with E-state index < -0.39 is 18.0 Å². The van der Waals surface area contributed by atoms with Crippen LogP contribution in [0.25, 0.3) is 0 Å². The highest BCUT2D eigenvalue weighted by Gasteiger charge is 2.22. The van der Waals surface area contributed by atoms with Crippen LogP contribution in [0.3, 0.4) is 0 Å². The molecule has 0 aliphatic heterocycles. The fraction of sp³-hybridized carbons (Fsp3) is 0.267. The second kappa shape index (κ2) is 7.47. The third-order valence-corrected chi connectivity index (χ3v) is 3.76. The maximum atomic E-state index is 12.0. The van der Waals surface area contributed by atoms with Crippen molar-refractivity contribution in [2.75, 3.05) is 5.32 Å². The molecule has 118 valence electrons. The Hall–Kier alpha value is -2.79. The van der Waals surface area contributed by atoms with E-state index in [1.54, 1.807) is 24.3 Å². The Morgan fingerprint density at radius 3 is 2.70 bits per heavy atom. The highest BCUT2D eigenvalue weighted by atomic mass is 32.1. The Labute approximate surface area is 137 Å². The number of rotatable bonds is 5. The number of carbonyl (C=O) groups is 2. The number of aryl methyl sites for hydroxylation is 1. The van der Waals surface area contributed by atoms with Gasteiger partial charge in [-0.05, 0) is 49.1 Å². The van der Waals surface area contributed by atoms with Gasteiger partial charge in [0.05, 0.1) is 17.3 Å². The monoisotopic (exact) mass is 330 g/mol. The van der Waals surface area contributed by atoms with E-state index in [1.165, 1.54) is 6.92 Å². The van der Waals surface area contributed by atoms with Crippen LogP contribution in [0, 0.1) is 11.3 Å². The number of nitrogens with one attached hydrogen (secondary N) is 1. The summed E-state index contributed by atoms with van der Waals surface area (Å²) in [4.78, 5) is 24.4. The highest BCUT2D eigenvalue weighted by Crippen LogP contribution is 2.15. The molecular formula is C15H14N4O3S. The van der Waals surface area contributed by atoms with Gasteiger partial charge in [0.15, 0.2) is 11.0 Å². The van der Waals surface area contributed by atoms with Gasteiger partial charge in [0, 0.05) is 5.69 Å². The zero-order chi connectivity index (χ0) is 16.8. The molecule has 7 nitrogen and oxygen atoms in total. The lowest BCUT2D eigenvalue weighted by molar-refractivity contribution is -0.123. The minimum absolute atomic E-state index is 0.311. The Morgan fingerprint density at radius 1 is 1.39 bits per heavy atom. The first-order valence-corrected chi connectivity index (χ1v) is 7.65. The lowest BCUT2D eigenvalue weighted by Gasteiger charge is -2.13. The largest absolute Gasteiger partial charge is 0.448 e. The van der Waals surface area contributed by atoms with Gasteiger partial charge in [0.2, 0.25) is 0 Å². The van der Waals surface area contributed by atoms with Crippen LogP contribution in [0.2, 0.25) is 0 Å². The number of amides is 1. The normalized spacial score (nSPS) is 11.3. The van der Waals surface area contributed by atoms with Gasteiger partial charge in [-0.3, -0.25) is 4.79 Å². The molecule has 0 fully saturated rings. The molecule has 0 unspecified atom stereocenters. The molecule has 2 rings (SSSR count). The van der Waals surface area contributed by atoms with Gasteiger partial charge < -0.3 is 10.1 Å². The molecule has 1 aromatic carbocycles. The Kier molecular flexibility index (Phi) is 5.38. The molecule has 1 amide bonds. The number of nitrogens with zero attached hydrogens (tertiary/aromatic N) is 3.